The Bertz CT molecular complexity index is 1620. The lowest BCUT2D eigenvalue weighted by Gasteiger charge is -2.27. The van der Waals surface area contributed by atoms with Crippen molar-refractivity contribution >= 4 is 34.1 Å². The molecular weight excluding hydrogens is 468 g/mol. The van der Waals surface area contributed by atoms with Crippen molar-refractivity contribution in [3.8, 4) is 17.1 Å². The zero-order chi connectivity index (χ0) is 23.9. The van der Waals surface area contributed by atoms with Gasteiger partial charge in [-0.3, -0.25) is 14.3 Å². The van der Waals surface area contributed by atoms with Crippen molar-refractivity contribution in [1.29, 1.82) is 0 Å². The fraction of sp³-hybridized carbons (Fsp3) is 0.115. The van der Waals surface area contributed by atoms with E-state index in [2.05, 4.69) is 20.0 Å². The van der Waals surface area contributed by atoms with Crippen LogP contribution in [0.2, 0.25) is 5.02 Å². The van der Waals surface area contributed by atoms with Crippen molar-refractivity contribution in [2.45, 2.75) is 19.1 Å². The van der Waals surface area contributed by atoms with Crippen LogP contribution in [-0.2, 0) is 6.54 Å². The minimum atomic E-state index is -0.695. The van der Waals surface area contributed by atoms with Gasteiger partial charge < -0.3 is 14.6 Å². The molecule has 2 aromatic heterocycles. The molecule has 5 aromatic rings. The van der Waals surface area contributed by atoms with Crippen LogP contribution in [0.15, 0.2) is 82.1 Å². The van der Waals surface area contributed by atoms with Gasteiger partial charge in [-0.25, -0.2) is 4.79 Å². The maximum Gasteiger partial charge on any atom is 0.439 e. The topological polar surface area (TPSA) is 102 Å². The zero-order valence-electron chi connectivity index (χ0n) is 18.3. The number of H-pyrrole nitrogens is 1. The first-order valence-corrected chi connectivity index (χ1v) is 11.5. The highest BCUT2D eigenvalue weighted by Crippen LogP contribution is 2.37. The van der Waals surface area contributed by atoms with Gasteiger partial charge in [-0.05, 0) is 36.4 Å². The molecule has 3 aromatic carbocycles. The third-order valence-corrected chi connectivity index (χ3v) is 6.33. The number of aryl methyl sites for hydroxylation is 1. The first-order chi connectivity index (χ1) is 17.1. The second-order valence-corrected chi connectivity index (χ2v) is 8.70. The summed E-state index contributed by atoms with van der Waals surface area (Å²) in [5, 5.41) is 8.06. The number of aromatic amines is 1. The summed E-state index contributed by atoms with van der Waals surface area (Å²) in [6.07, 6.45) is 0.619. The molecule has 1 unspecified atom stereocenters. The number of rotatable bonds is 5. The molecule has 1 atom stereocenters. The van der Waals surface area contributed by atoms with Crippen LogP contribution in [0.4, 0.5) is 5.69 Å². The molecule has 1 aliphatic rings. The average molecular weight is 487 g/mol. The Morgan fingerprint density at radius 3 is 2.77 bits per heavy atom. The number of hydrogen-bond acceptors (Lipinski definition) is 5. The highest BCUT2D eigenvalue weighted by molar-refractivity contribution is 6.31. The first-order valence-electron chi connectivity index (χ1n) is 11.1. The number of benzene rings is 3. The molecule has 174 valence electrons. The molecule has 6 rings (SSSR count). The molecule has 0 aliphatic carbocycles. The smallest absolute Gasteiger partial charge is 0.439 e. The number of para-hydroxylation sites is 2. The van der Waals surface area contributed by atoms with Crippen LogP contribution in [0.25, 0.3) is 22.3 Å². The Kier molecular flexibility index (Phi) is 5.15. The number of carbonyl (C=O) groups is 1. The van der Waals surface area contributed by atoms with Gasteiger partial charge in [0.15, 0.2) is 5.82 Å². The molecule has 0 saturated heterocycles. The second-order valence-electron chi connectivity index (χ2n) is 8.26. The summed E-state index contributed by atoms with van der Waals surface area (Å²) in [4.78, 5) is 27.4. The predicted molar refractivity (Wildman–Crippen MR) is 132 cm³/mol. The average Bonchev–Trinajstić information content (AvgIpc) is 3.47. The Morgan fingerprint density at radius 2 is 1.97 bits per heavy atom. The summed E-state index contributed by atoms with van der Waals surface area (Å²) >= 11 is 6.15. The van der Waals surface area contributed by atoms with E-state index < -0.39 is 5.76 Å². The Labute approximate surface area is 204 Å². The number of anilines is 1. The van der Waals surface area contributed by atoms with Gasteiger partial charge in [-0.2, -0.15) is 0 Å². The largest absolute Gasteiger partial charge is 0.486 e. The quantitative estimate of drug-likeness (QED) is 0.345. The Morgan fingerprint density at radius 1 is 1.11 bits per heavy atom. The van der Waals surface area contributed by atoms with Gasteiger partial charge in [0.05, 0.1) is 11.2 Å². The third-order valence-electron chi connectivity index (χ3n) is 6.09. The number of carbonyl (C=O) groups excluding carboxylic acids is 1. The standard InChI is InChI=1S/C26H19ClN4O4/c27-16-9-10-20(19(14-16)24-29-26(33)35-30-24)28-25(32)21-13-15-5-4-8-18-22(11-12-31(21)23(15)18)34-17-6-2-1-3-7-17/h1-10,13-14,22H,11-12H2,(H,28,32)(H,29,30,33). The van der Waals surface area contributed by atoms with Crippen LogP contribution in [0.5, 0.6) is 5.75 Å². The molecule has 3 heterocycles. The SMILES string of the molecule is O=C(Nc1ccc(Cl)cc1-c1noc(=O)[nH]1)c1cc2cccc3c2n1CCC3Oc1ccccc1. The first kappa shape index (κ1) is 21.2. The molecule has 0 bridgehead atoms. The molecular formula is C26H19ClN4O4. The zero-order valence-corrected chi connectivity index (χ0v) is 19.1. The summed E-state index contributed by atoms with van der Waals surface area (Å²) in [5.41, 5.74) is 3.46. The molecule has 1 amide bonds. The minimum Gasteiger partial charge on any atom is -0.486 e. The van der Waals surface area contributed by atoms with Crippen molar-refractivity contribution < 1.29 is 14.1 Å². The van der Waals surface area contributed by atoms with Crippen LogP contribution < -0.4 is 15.8 Å². The molecule has 9 heteroatoms. The summed E-state index contributed by atoms with van der Waals surface area (Å²) < 4.78 is 12.9. The normalized spacial score (nSPS) is 14.7. The fourth-order valence-electron chi connectivity index (χ4n) is 4.58. The molecule has 2 N–H and O–H groups in total. The highest BCUT2D eigenvalue weighted by atomic mass is 35.5. The Hall–Kier alpha value is -4.30. The van der Waals surface area contributed by atoms with E-state index in [-0.39, 0.29) is 17.8 Å². The Balaban J connectivity index is 1.35. The maximum absolute atomic E-state index is 13.4. The van der Waals surface area contributed by atoms with Crippen molar-refractivity contribution in [3.05, 3.63) is 99.6 Å². The van der Waals surface area contributed by atoms with Crippen LogP contribution >= 0.6 is 11.6 Å². The summed E-state index contributed by atoms with van der Waals surface area (Å²) in [6, 6.07) is 22.6. The van der Waals surface area contributed by atoms with E-state index in [0.717, 1.165) is 28.6 Å². The number of ether oxygens (including phenoxy) is 1. The lowest BCUT2D eigenvalue weighted by Crippen LogP contribution is -2.22. The monoisotopic (exact) mass is 486 g/mol. The van der Waals surface area contributed by atoms with E-state index in [0.29, 0.717) is 28.5 Å². The second kappa shape index (κ2) is 8.48. The summed E-state index contributed by atoms with van der Waals surface area (Å²) in [5.74, 6) is 0.00890. The van der Waals surface area contributed by atoms with Crippen LogP contribution in [0, 0.1) is 0 Å². The number of amides is 1. The molecule has 0 saturated carbocycles. The molecule has 35 heavy (non-hydrogen) atoms. The number of halogens is 1. The van der Waals surface area contributed by atoms with Crippen molar-refractivity contribution in [2.24, 2.45) is 0 Å². The summed E-state index contributed by atoms with van der Waals surface area (Å²) in [6.45, 7) is 0.630. The van der Waals surface area contributed by atoms with Crippen LogP contribution in [0.1, 0.15) is 28.6 Å². The van der Waals surface area contributed by atoms with Crippen molar-refractivity contribution in [3.63, 3.8) is 0 Å². The van der Waals surface area contributed by atoms with Gasteiger partial charge in [0.1, 0.15) is 17.5 Å². The lowest BCUT2D eigenvalue weighted by molar-refractivity contribution is 0.101. The lowest BCUT2D eigenvalue weighted by atomic mass is 10.0. The van der Waals surface area contributed by atoms with E-state index >= 15 is 0 Å². The molecule has 0 spiro atoms. The van der Waals surface area contributed by atoms with Gasteiger partial charge in [0.2, 0.25) is 0 Å². The van der Waals surface area contributed by atoms with Gasteiger partial charge >= 0.3 is 5.76 Å². The van der Waals surface area contributed by atoms with E-state index in [9.17, 15) is 9.59 Å². The third kappa shape index (κ3) is 3.87. The number of hydrogen-bond donors (Lipinski definition) is 2. The van der Waals surface area contributed by atoms with Gasteiger partial charge in [-0.15, -0.1) is 0 Å². The number of nitrogens with zero attached hydrogens (tertiary/aromatic N) is 2. The van der Waals surface area contributed by atoms with Crippen molar-refractivity contribution in [1.82, 2.24) is 14.7 Å². The van der Waals surface area contributed by atoms with Crippen molar-refractivity contribution in [2.75, 3.05) is 5.32 Å². The molecule has 0 fully saturated rings. The van der Waals surface area contributed by atoms with Gasteiger partial charge in [0, 0.05) is 34.5 Å². The predicted octanol–water partition coefficient (Wildman–Crippen LogP) is 5.41. The van der Waals surface area contributed by atoms with E-state index in [1.807, 2.05) is 59.2 Å². The van der Waals surface area contributed by atoms with E-state index in [4.69, 9.17) is 16.3 Å². The highest BCUT2D eigenvalue weighted by Gasteiger charge is 2.27. The number of aromatic nitrogens is 3. The van der Waals surface area contributed by atoms with E-state index in [1.165, 1.54) is 0 Å². The summed E-state index contributed by atoms with van der Waals surface area (Å²) in [7, 11) is 0. The molecule has 1 aliphatic heterocycles. The maximum atomic E-state index is 13.4. The van der Waals surface area contributed by atoms with E-state index in [1.54, 1.807) is 18.2 Å². The van der Waals surface area contributed by atoms with Crippen LogP contribution in [-0.4, -0.2) is 20.6 Å². The van der Waals surface area contributed by atoms with Gasteiger partial charge in [0.25, 0.3) is 5.91 Å². The van der Waals surface area contributed by atoms with Gasteiger partial charge in [-0.1, -0.05) is 53.2 Å². The minimum absolute atomic E-state index is 0.105. The number of nitrogens with one attached hydrogen (secondary N) is 2. The van der Waals surface area contributed by atoms with Crippen LogP contribution in [0.3, 0.4) is 0 Å². The fourth-order valence-corrected chi connectivity index (χ4v) is 4.75. The molecule has 0 radical (unpaired) electrons. The molecule has 8 nitrogen and oxygen atoms in total.